The minimum absolute atomic E-state index is 0.123. The van der Waals surface area contributed by atoms with Gasteiger partial charge < -0.3 is 17.1 Å². The van der Waals surface area contributed by atoms with Crippen molar-refractivity contribution >= 4 is 14.8 Å². The van der Waals surface area contributed by atoms with Gasteiger partial charge in [-0.2, -0.15) is 0 Å². The van der Waals surface area contributed by atoms with Crippen LogP contribution < -0.4 is 17.1 Å². The molecule has 0 bridgehead atoms. The maximum Gasteiger partial charge on any atom is 0.856 e. The van der Waals surface area contributed by atoms with Crippen LogP contribution >= 0.6 is 0 Å². The molecule has 0 radical (unpaired) electrons. The maximum atomic E-state index is 7.10. The third-order valence-corrected chi connectivity index (χ3v) is 8.90. The number of hydrogen-bond acceptors (Lipinski definition) is 4. The molecule has 0 aliphatic rings. The lowest BCUT2D eigenvalue weighted by molar-refractivity contribution is 0.374. The van der Waals surface area contributed by atoms with Gasteiger partial charge in [0.2, 0.25) is 0 Å². The van der Waals surface area contributed by atoms with E-state index in [-0.39, 0.29) is 21.7 Å². The van der Waals surface area contributed by atoms with Gasteiger partial charge in [0.15, 0.2) is 0 Å². The predicted molar refractivity (Wildman–Crippen MR) is 163 cm³/mol. The SMILES string of the molecule is CC[CH2][Al]([O]c1c(C(C)(C)C)cc(OC)cc1C(C)(C)C)[O]c1c(C(C)(C)C)cc(OC)cc1C(C)(C)C. The van der Waals surface area contributed by atoms with Crippen molar-refractivity contribution in [3.63, 3.8) is 0 Å². The van der Waals surface area contributed by atoms with Gasteiger partial charge in [0.25, 0.3) is 0 Å². The van der Waals surface area contributed by atoms with Crippen LogP contribution in [0.25, 0.3) is 0 Å². The van der Waals surface area contributed by atoms with E-state index in [4.69, 9.17) is 17.1 Å². The molecule has 0 aliphatic carbocycles. The fraction of sp³-hybridized carbons (Fsp3) is 0.636. The van der Waals surface area contributed by atoms with Crippen molar-refractivity contribution in [3.8, 4) is 23.0 Å². The van der Waals surface area contributed by atoms with Crippen LogP contribution in [0.3, 0.4) is 0 Å². The molecule has 0 spiro atoms. The zero-order valence-electron chi connectivity index (χ0n) is 26.9. The molecule has 2 aromatic rings. The second kappa shape index (κ2) is 11.7. The first-order chi connectivity index (χ1) is 17.2. The lowest BCUT2D eigenvalue weighted by atomic mass is 9.79. The molecule has 0 saturated carbocycles. The Hall–Kier alpha value is -1.83. The molecule has 0 heterocycles. The molecule has 0 fully saturated rings. The molecule has 212 valence electrons. The summed E-state index contributed by atoms with van der Waals surface area (Å²) in [7, 11) is 3.47. The summed E-state index contributed by atoms with van der Waals surface area (Å²) in [4.78, 5) is 0. The monoisotopic (exact) mass is 540 g/mol. The smallest absolute Gasteiger partial charge is 0.611 e. The lowest BCUT2D eigenvalue weighted by Crippen LogP contribution is -2.34. The lowest BCUT2D eigenvalue weighted by Gasteiger charge is -2.34. The summed E-state index contributed by atoms with van der Waals surface area (Å²) < 4.78 is 25.7. The maximum absolute atomic E-state index is 7.10. The first-order valence-electron chi connectivity index (χ1n) is 14.0. The van der Waals surface area contributed by atoms with Crippen molar-refractivity contribution in [3.05, 3.63) is 46.5 Å². The number of methoxy groups -OCH3 is 2. The molecule has 0 saturated heterocycles. The Balaban J connectivity index is 2.79. The van der Waals surface area contributed by atoms with E-state index >= 15 is 0 Å². The first-order valence-corrected chi connectivity index (χ1v) is 15.8. The molecule has 0 amide bonds. The number of rotatable bonds is 8. The van der Waals surface area contributed by atoms with E-state index in [1.807, 2.05) is 0 Å². The molecule has 38 heavy (non-hydrogen) atoms. The van der Waals surface area contributed by atoms with Crippen LogP contribution in [0.2, 0.25) is 5.28 Å². The Bertz CT molecular complexity index is 936. The highest BCUT2D eigenvalue weighted by Gasteiger charge is 2.39. The van der Waals surface area contributed by atoms with Crippen molar-refractivity contribution < 1.29 is 17.1 Å². The van der Waals surface area contributed by atoms with Crippen molar-refractivity contribution in [2.45, 2.75) is 123 Å². The minimum Gasteiger partial charge on any atom is -0.611 e. The fourth-order valence-corrected chi connectivity index (χ4v) is 6.35. The number of hydrogen-bond donors (Lipinski definition) is 0. The summed E-state index contributed by atoms with van der Waals surface area (Å²) in [5.74, 6) is 3.64. The summed E-state index contributed by atoms with van der Waals surface area (Å²) >= 11 is -2.22. The van der Waals surface area contributed by atoms with E-state index < -0.39 is 14.8 Å². The average Bonchev–Trinajstić information content (AvgIpc) is 2.76. The molecular formula is C33H53AlO4. The van der Waals surface area contributed by atoms with E-state index in [2.05, 4.69) is 114 Å². The van der Waals surface area contributed by atoms with E-state index in [1.165, 1.54) is 0 Å². The topological polar surface area (TPSA) is 36.9 Å². The Morgan fingerprint density at radius 1 is 0.526 bits per heavy atom. The van der Waals surface area contributed by atoms with Gasteiger partial charge in [-0.05, 0) is 51.2 Å². The van der Waals surface area contributed by atoms with Crippen LogP contribution in [-0.2, 0) is 21.7 Å². The Labute approximate surface area is 238 Å². The van der Waals surface area contributed by atoms with Crippen LogP contribution in [-0.4, -0.2) is 29.0 Å². The highest BCUT2D eigenvalue weighted by Crippen LogP contribution is 2.45. The molecule has 4 nitrogen and oxygen atoms in total. The third kappa shape index (κ3) is 7.86. The van der Waals surface area contributed by atoms with Crippen LogP contribution in [0.15, 0.2) is 24.3 Å². The van der Waals surface area contributed by atoms with Crippen molar-refractivity contribution in [1.29, 1.82) is 0 Å². The summed E-state index contributed by atoms with van der Waals surface area (Å²) in [6.45, 7) is 29.0. The van der Waals surface area contributed by atoms with Gasteiger partial charge in [0.1, 0.15) is 11.5 Å². The van der Waals surface area contributed by atoms with Crippen molar-refractivity contribution in [2.75, 3.05) is 14.2 Å². The van der Waals surface area contributed by atoms with Crippen LogP contribution in [0.1, 0.15) is 119 Å². The molecule has 0 atom stereocenters. The summed E-state index contributed by atoms with van der Waals surface area (Å²) in [5, 5.41) is 0.901. The number of ether oxygens (including phenoxy) is 2. The average molecular weight is 541 g/mol. The molecule has 0 aromatic heterocycles. The summed E-state index contributed by atoms with van der Waals surface area (Å²) in [6, 6.07) is 8.54. The second-order valence-corrected chi connectivity index (χ2v) is 16.5. The van der Waals surface area contributed by atoms with Crippen LogP contribution in [0.4, 0.5) is 0 Å². The van der Waals surface area contributed by atoms with Crippen molar-refractivity contribution in [2.24, 2.45) is 0 Å². The first kappa shape index (κ1) is 32.4. The van der Waals surface area contributed by atoms with Crippen molar-refractivity contribution in [1.82, 2.24) is 0 Å². The van der Waals surface area contributed by atoms with Gasteiger partial charge in [-0.3, -0.25) is 0 Å². The van der Waals surface area contributed by atoms with Crippen LogP contribution in [0, 0.1) is 0 Å². The molecule has 5 heteroatoms. The Morgan fingerprint density at radius 2 is 0.789 bits per heavy atom. The quantitative estimate of drug-likeness (QED) is 0.313. The normalized spacial score (nSPS) is 12.8. The zero-order chi connectivity index (χ0) is 29.3. The largest absolute Gasteiger partial charge is 0.856 e. The highest BCUT2D eigenvalue weighted by molar-refractivity contribution is 6.46. The zero-order valence-corrected chi connectivity index (χ0v) is 28.1. The van der Waals surface area contributed by atoms with Gasteiger partial charge in [-0.25, -0.2) is 0 Å². The van der Waals surface area contributed by atoms with E-state index in [0.717, 1.165) is 57.0 Å². The summed E-state index contributed by atoms with van der Waals surface area (Å²) in [6.07, 6.45) is 0.995. The highest BCUT2D eigenvalue weighted by atomic mass is 27.2. The van der Waals surface area contributed by atoms with E-state index in [1.54, 1.807) is 14.2 Å². The van der Waals surface area contributed by atoms with Gasteiger partial charge >= 0.3 is 14.8 Å². The van der Waals surface area contributed by atoms with E-state index in [9.17, 15) is 0 Å². The molecule has 2 rings (SSSR count). The number of benzene rings is 2. The molecule has 0 aliphatic heterocycles. The molecular weight excluding hydrogens is 487 g/mol. The molecule has 0 N–H and O–H groups in total. The third-order valence-electron chi connectivity index (χ3n) is 6.85. The Morgan fingerprint density at radius 3 is 0.974 bits per heavy atom. The standard InChI is InChI=1S/2C15H24O2.C3H7.Al/c2*1-14(2,3)11-8-10(17-7)9-12(13(11)16)15(4,5)6;1-3-2;/h2*8-9,16H,1-7H3;1,3H2,2H3;/q;;;+2/p-2. The minimum atomic E-state index is -2.22. The molecule has 2 aromatic carbocycles. The Kier molecular flexibility index (Phi) is 10.00. The fourth-order valence-electron chi connectivity index (χ4n) is 4.56. The van der Waals surface area contributed by atoms with Crippen LogP contribution in [0.5, 0.6) is 23.0 Å². The van der Waals surface area contributed by atoms with Gasteiger partial charge in [0, 0.05) is 22.3 Å². The van der Waals surface area contributed by atoms with Gasteiger partial charge in [-0.1, -0.05) is 96.4 Å². The van der Waals surface area contributed by atoms with Gasteiger partial charge in [-0.15, -0.1) is 0 Å². The van der Waals surface area contributed by atoms with E-state index in [0.29, 0.717) is 0 Å². The second-order valence-electron chi connectivity index (χ2n) is 14.6. The molecule has 0 unspecified atom stereocenters. The van der Waals surface area contributed by atoms with Gasteiger partial charge in [0.05, 0.1) is 25.7 Å². The summed E-state index contributed by atoms with van der Waals surface area (Å²) in [5.41, 5.74) is 4.12. The predicted octanol–water partition coefficient (Wildman–Crippen LogP) is 9.25.